The summed E-state index contributed by atoms with van der Waals surface area (Å²) in [5.41, 5.74) is 0.704. The summed E-state index contributed by atoms with van der Waals surface area (Å²) in [7, 11) is 1.30. The van der Waals surface area contributed by atoms with E-state index in [1.54, 1.807) is 12.1 Å². The first kappa shape index (κ1) is 12.4. The quantitative estimate of drug-likeness (QED) is 0.791. The summed E-state index contributed by atoms with van der Waals surface area (Å²) in [6.07, 6.45) is 2.00. The number of benzene rings is 1. The monoisotopic (exact) mass is 248 g/mol. The standard InChI is InChI=1S/C13H16N2O3/c1-18-12(16)11(9-5-3-2-4-6-9)15-13(17)14-10-7-8-10/h2-6,10-11H,7-8H2,1H3,(H2,14,15,17). The van der Waals surface area contributed by atoms with Crippen LogP contribution in [0.4, 0.5) is 4.79 Å². The van der Waals surface area contributed by atoms with Gasteiger partial charge >= 0.3 is 12.0 Å². The van der Waals surface area contributed by atoms with E-state index < -0.39 is 12.0 Å². The van der Waals surface area contributed by atoms with Gasteiger partial charge in [0.15, 0.2) is 6.04 Å². The topological polar surface area (TPSA) is 67.4 Å². The summed E-state index contributed by atoms with van der Waals surface area (Å²) in [6, 6.07) is 8.17. The molecule has 1 aromatic rings. The van der Waals surface area contributed by atoms with E-state index >= 15 is 0 Å². The molecule has 5 heteroatoms. The van der Waals surface area contributed by atoms with Crippen molar-refractivity contribution < 1.29 is 14.3 Å². The Morgan fingerprint density at radius 2 is 1.94 bits per heavy atom. The Kier molecular flexibility index (Phi) is 3.82. The fourth-order valence-electron chi connectivity index (χ4n) is 1.63. The maximum absolute atomic E-state index is 11.7. The number of rotatable bonds is 4. The molecule has 0 saturated heterocycles. The highest BCUT2D eigenvalue weighted by Crippen LogP contribution is 2.19. The Labute approximate surface area is 106 Å². The summed E-state index contributed by atoms with van der Waals surface area (Å²) in [5.74, 6) is -0.479. The van der Waals surface area contributed by atoms with Gasteiger partial charge in [0.2, 0.25) is 0 Å². The molecule has 0 aliphatic heterocycles. The molecule has 2 amide bonds. The van der Waals surface area contributed by atoms with Crippen molar-refractivity contribution >= 4 is 12.0 Å². The second kappa shape index (κ2) is 5.53. The van der Waals surface area contributed by atoms with E-state index in [1.165, 1.54) is 7.11 Å². The van der Waals surface area contributed by atoms with Crippen LogP contribution in [0.15, 0.2) is 30.3 Å². The van der Waals surface area contributed by atoms with E-state index in [9.17, 15) is 9.59 Å². The minimum absolute atomic E-state index is 0.249. The third kappa shape index (κ3) is 3.23. The van der Waals surface area contributed by atoms with Gasteiger partial charge in [-0.1, -0.05) is 30.3 Å². The maximum Gasteiger partial charge on any atom is 0.333 e. The summed E-state index contributed by atoms with van der Waals surface area (Å²) >= 11 is 0. The molecular weight excluding hydrogens is 232 g/mol. The Morgan fingerprint density at radius 1 is 1.28 bits per heavy atom. The summed E-state index contributed by atoms with van der Waals surface area (Å²) < 4.78 is 4.71. The summed E-state index contributed by atoms with van der Waals surface area (Å²) in [6.45, 7) is 0. The van der Waals surface area contributed by atoms with Crippen LogP contribution in [0.2, 0.25) is 0 Å². The van der Waals surface area contributed by atoms with E-state index in [1.807, 2.05) is 18.2 Å². The second-order valence-electron chi connectivity index (χ2n) is 4.26. The molecule has 1 unspecified atom stereocenters. The van der Waals surface area contributed by atoms with Gasteiger partial charge in [-0.3, -0.25) is 0 Å². The van der Waals surface area contributed by atoms with Crippen LogP contribution in [0.3, 0.4) is 0 Å². The Hall–Kier alpha value is -2.04. The largest absolute Gasteiger partial charge is 0.467 e. The van der Waals surface area contributed by atoms with Gasteiger partial charge in [0.1, 0.15) is 0 Å². The van der Waals surface area contributed by atoms with Gasteiger partial charge in [0.25, 0.3) is 0 Å². The first-order chi connectivity index (χ1) is 8.70. The summed E-state index contributed by atoms with van der Waals surface area (Å²) in [5, 5.41) is 5.41. The molecule has 1 aliphatic carbocycles. The Bertz CT molecular complexity index is 429. The molecule has 1 aliphatic rings. The van der Waals surface area contributed by atoms with Crippen molar-refractivity contribution in [3.63, 3.8) is 0 Å². The molecule has 0 heterocycles. The van der Waals surface area contributed by atoms with E-state index in [0.717, 1.165) is 12.8 Å². The van der Waals surface area contributed by atoms with Crippen molar-refractivity contribution in [3.8, 4) is 0 Å². The predicted molar refractivity (Wildman–Crippen MR) is 65.9 cm³/mol. The van der Waals surface area contributed by atoms with E-state index in [2.05, 4.69) is 10.6 Å². The first-order valence-corrected chi connectivity index (χ1v) is 5.90. The molecule has 96 valence electrons. The SMILES string of the molecule is COC(=O)C(NC(=O)NC1CC1)c1ccccc1. The molecule has 18 heavy (non-hydrogen) atoms. The minimum atomic E-state index is -0.769. The van der Waals surface area contributed by atoms with Crippen LogP contribution in [-0.4, -0.2) is 25.2 Å². The fraction of sp³-hybridized carbons (Fsp3) is 0.385. The minimum Gasteiger partial charge on any atom is -0.467 e. The number of amides is 2. The second-order valence-corrected chi connectivity index (χ2v) is 4.26. The van der Waals surface area contributed by atoms with Gasteiger partial charge in [-0.25, -0.2) is 9.59 Å². The van der Waals surface area contributed by atoms with Crippen molar-refractivity contribution in [1.82, 2.24) is 10.6 Å². The van der Waals surface area contributed by atoms with Crippen molar-refractivity contribution in [2.24, 2.45) is 0 Å². The van der Waals surface area contributed by atoms with Crippen LogP contribution in [0.25, 0.3) is 0 Å². The average molecular weight is 248 g/mol. The van der Waals surface area contributed by atoms with Crippen LogP contribution < -0.4 is 10.6 Å². The highest BCUT2D eigenvalue weighted by molar-refractivity contribution is 5.84. The van der Waals surface area contributed by atoms with Crippen molar-refractivity contribution in [1.29, 1.82) is 0 Å². The number of hydrogen-bond acceptors (Lipinski definition) is 3. The molecule has 1 aromatic carbocycles. The van der Waals surface area contributed by atoms with Crippen LogP contribution in [0, 0.1) is 0 Å². The molecule has 5 nitrogen and oxygen atoms in total. The number of esters is 1. The maximum atomic E-state index is 11.7. The third-order valence-electron chi connectivity index (χ3n) is 2.76. The van der Waals surface area contributed by atoms with E-state index in [4.69, 9.17) is 4.74 Å². The number of nitrogens with one attached hydrogen (secondary N) is 2. The first-order valence-electron chi connectivity index (χ1n) is 5.90. The van der Waals surface area contributed by atoms with Crippen molar-refractivity contribution in [3.05, 3.63) is 35.9 Å². The van der Waals surface area contributed by atoms with E-state index in [0.29, 0.717) is 5.56 Å². The molecular formula is C13H16N2O3. The smallest absolute Gasteiger partial charge is 0.333 e. The molecule has 2 rings (SSSR count). The van der Waals surface area contributed by atoms with Crippen LogP contribution in [-0.2, 0) is 9.53 Å². The van der Waals surface area contributed by atoms with Crippen LogP contribution >= 0.6 is 0 Å². The molecule has 1 saturated carbocycles. The van der Waals surface area contributed by atoms with Gasteiger partial charge in [0, 0.05) is 6.04 Å². The van der Waals surface area contributed by atoms with E-state index in [-0.39, 0.29) is 12.1 Å². The number of carbonyl (C=O) groups is 2. The molecule has 1 atom stereocenters. The van der Waals surface area contributed by atoms with Gasteiger partial charge in [0.05, 0.1) is 7.11 Å². The van der Waals surface area contributed by atoms with Crippen LogP contribution in [0.5, 0.6) is 0 Å². The third-order valence-corrected chi connectivity index (χ3v) is 2.76. The lowest BCUT2D eigenvalue weighted by Gasteiger charge is -2.17. The van der Waals surface area contributed by atoms with Gasteiger partial charge < -0.3 is 15.4 Å². The number of methoxy groups -OCH3 is 1. The molecule has 1 fully saturated rings. The van der Waals surface area contributed by atoms with Crippen molar-refractivity contribution in [2.45, 2.75) is 24.9 Å². The lowest BCUT2D eigenvalue weighted by molar-refractivity contribution is -0.143. The molecule has 0 spiro atoms. The molecule has 2 N–H and O–H groups in total. The normalized spacial score (nSPS) is 15.6. The summed E-state index contributed by atoms with van der Waals surface area (Å²) in [4.78, 5) is 23.4. The lowest BCUT2D eigenvalue weighted by Crippen LogP contribution is -2.42. The fourth-order valence-corrected chi connectivity index (χ4v) is 1.63. The van der Waals surface area contributed by atoms with Gasteiger partial charge in [-0.05, 0) is 18.4 Å². The zero-order chi connectivity index (χ0) is 13.0. The number of urea groups is 1. The number of ether oxygens (including phenoxy) is 1. The number of carbonyl (C=O) groups excluding carboxylic acids is 2. The molecule has 0 bridgehead atoms. The number of hydrogen-bond donors (Lipinski definition) is 2. The average Bonchev–Trinajstić information content (AvgIpc) is 3.20. The highest BCUT2D eigenvalue weighted by Gasteiger charge is 2.27. The Morgan fingerprint density at radius 3 is 2.50 bits per heavy atom. The Balaban J connectivity index is 2.05. The van der Waals surface area contributed by atoms with Gasteiger partial charge in [-0.15, -0.1) is 0 Å². The van der Waals surface area contributed by atoms with Crippen molar-refractivity contribution in [2.75, 3.05) is 7.11 Å². The zero-order valence-electron chi connectivity index (χ0n) is 10.2. The lowest BCUT2D eigenvalue weighted by atomic mass is 10.1. The molecule has 0 aromatic heterocycles. The predicted octanol–water partition coefficient (Wildman–Crippen LogP) is 1.36. The zero-order valence-corrected chi connectivity index (χ0v) is 10.2. The highest BCUT2D eigenvalue weighted by atomic mass is 16.5. The van der Waals surface area contributed by atoms with Crippen LogP contribution in [0.1, 0.15) is 24.4 Å². The molecule has 0 radical (unpaired) electrons. The van der Waals surface area contributed by atoms with Gasteiger partial charge in [-0.2, -0.15) is 0 Å².